The van der Waals surface area contributed by atoms with E-state index in [0.29, 0.717) is 23.5 Å². The number of rotatable bonds is 8. The molecule has 0 aliphatic heterocycles. The first-order valence-electron chi connectivity index (χ1n) is 12.4. The van der Waals surface area contributed by atoms with Gasteiger partial charge in [-0.2, -0.15) is 5.10 Å². The Balaban J connectivity index is 1.42. The number of benzene rings is 2. The molecule has 5 aromatic rings. The number of aryl methyl sites for hydroxylation is 1. The lowest BCUT2D eigenvalue weighted by Crippen LogP contribution is -2.30. The van der Waals surface area contributed by atoms with Crippen LogP contribution in [0.15, 0.2) is 84.2 Å². The van der Waals surface area contributed by atoms with Crippen molar-refractivity contribution >= 4 is 17.3 Å². The third kappa shape index (κ3) is 5.81. The maximum atomic E-state index is 15.1. The molecule has 9 nitrogen and oxygen atoms in total. The molecular formula is C29H23F3N6O3. The van der Waals surface area contributed by atoms with Crippen LogP contribution in [-0.4, -0.2) is 31.8 Å². The molecule has 2 aromatic carbocycles. The van der Waals surface area contributed by atoms with Gasteiger partial charge in [-0.3, -0.25) is 23.8 Å². The zero-order chi connectivity index (χ0) is 29.1. The SMILES string of the molecule is CCNc1ccn(-c2ccc(F)cc2)c(=O)c1C(=O)Nc1cc(F)c(Oc2ccnc(-c3cnn(C)c3)c2)cc1F. The van der Waals surface area contributed by atoms with Gasteiger partial charge in [0.2, 0.25) is 0 Å². The van der Waals surface area contributed by atoms with Crippen LogP contribution in [0.3, 0.4) is 0 Å². The highest BCUT2D eigenvalue weighted by atomic mass is 19.1. The maximum absolute atomic E-state index is 15.1. The van der Waals surface area contributed by atoms with Gasteiger partial charge in [0, 0.05) is 61.6 Å². The van der Waals surface area contributed by atoms with Crippen molar-refractivity contribution in [2.24, 2.45) is 7.05 Å². The third-order valence-corrected chi connectivity index (χ3v) is 6.02. The minimum Gasteiger partial charge on any atom is -0.454 e. The molecule has 0 bridgehead atoms. The van der Waals surface area contributed by atoms with Crippen LogP contribution in [-0.2, 0) is 7.05 Å². The molecule has 0 spiro atoms. The van der Waals surface area contributed by atoms with Crippen LogP contribution in [0.2, 0.25) is 0 Å². The van der Waals surface area contributed by atoms with Gasteiger partial charge < -0.3 is 15.4 Å². The molecule has 5 rings (SSSR count). The summed E-state index contributed by atoms with van der Waals surface area (Å²) in [5.41, 5.74) is 0.162. The van der Waals surface area contributed by atoms with Crippen LogP contribution in [0.25, 0.3) is 16.9 Å². The topological polar surface area (TPSA) is 103 Å². The quantitative estimate of drug-likeness (QED) is 0.259. The van der Waals surface area contributed by atoms with E-state index in [1.807, 2.05) is 0 Å². The normalized spacial score (nSPS) is 10.9. The molecule has 0 aliphatic rings. The molecule has 0 saturated heterocycles. The Morgan fingerprint density at radius 2 is 1.78 bits per heavy atom. The van der Waals surface area contributed by atoms with Crippen molar-refractivity contribution in [2.75, 3.05) is 17.2 Å². The summed E-state index contributed by atoms with van der Waals surface area (Å²) >= 11 is 0. The first kappa shape index (κ1) is 27.2. The maximum Gasteiger partial charge on any atom is 0.270 e. The summed E-state index contributed by atoms with van der Waals surface area (Å²) in [5, 5.41) is 9.28. The molecule has 12 heteroatoms. The van der Waals surface area contributed by atoms with Crippen molar-refractivity contribution in [1.82, 2.24) is 19.3 Å². The molecular weight excluding hydrogens is 537 g/mol. The number of carbonyl (C=O) groups is 1. The number of ether oxygens (including phenoxy) is 1. The average Bonchev–Trinajstić information content (AvgIpc) is 3.39. The van der Waals surface area contributed by atoms with Gasteiger partial charge in [0.05, 0.1) is 23.3 Å². The molecule has 1 amide bonds. The number of nitrogens with one attached hydrogen (secondary N) is 2. The Labute approximate surface area is 231 Å². The van der Waals surface area contributed by atoms with E-state index < -0.39 is 40.4 Å². The average molecular weight is 561 g/mol. The Kier molecular flexibility index (Phi) is 7.55. The van der Waals surface area contributed by atoms with E-state index in [1.165, 1.54) is 48.8 Å². The van der Waals surface area contributed by atoms with Gasteiger partial charge in [-0.1, -0.05) is 0 Å². The third-order valence-electron chi connectivity index (χ3n) is 6.02. The number of pyridine rings is 2. The van der Waals surface area contributed by atoms with Gasteiger partial charge in [-0.05, 0) is 43.3 Å². The van der Waals surface area contributed by atoms with Crippen LogP contribution in [0, 0.1) is 17.5 Å². The summed E-state index contributed by atoms with van der Waals surface area (Å²) in [6.45, 7) is 2.15. The van der Waals surface area contributed by atoms with Gasteiger partial charge in [-0.25, -0.2) is 13.2 Å². The molecule has 41 heavy (non-hydrogen) atoms. The summed E-state index contributed by atoms with van der Waals surface area (Å²) in [5.74, 6) is -3.62. The predicted molar refractivity (Wildman–Crippen MR) is 147 cm³/mol. The Morgan fingerprint density at radius 3 is 2.49 bits per heavy atom. The van der Waals surface area contributed by atoms with Crippen LogP contribution in [0.5, 0.6) is 11.5 Å². The van der Waals surface area contributed by atoms with E-state index in [1.54, 1.807) is 37.1 Å². The van der Waals surface area contributed by atoms with Crippen LogP contribution < -0.4 is 20.9 Å². The number of nitrogens with zero attached hydrogens (tertiary/aromatic N) is 4. The largest absolute Gasteiger partial charge is 0.454 e. The molecule has 0 radical (unpaired) electrons. The van der Waals surface area contributed by atoms with Crippen molar-refractivity contribution < 1.29 is 22.7 Å². The number of hydrogen-bond acceptors (Lipinski definition) is 6. The minimum atomic E-state index is -0.990. The van der Waals surface area contributed by atoms with Gasteiger partial charge in [0.25, 0.3) is 11.5 Å². The highest BCUT2D eigenvalue weighted by Crippen LogP contribution is 2.31. The smallest absolute Gasteiger partial charge is 0.270 e. The van der Waals surface area contributed by atoms with Gasteiger partial charge in [0.1, 0.15) is 17.1 Å². The minimum absolute atomic E-state index is 0.191. The summed E-state index contributed by atoms with van der Waals surface area (Å²) in [4.78, 5) is 30.8. The zero-order valence-corrected chi connectivity index (χ0v) is 21.9. The second-order valence-corrected chi connectivity index (χ2v) is 8.88. The highest BCUT2D eigenvalue weighted by molar-refractivity contribution is 6.07. The second kappa shape index (κ2) is 11.4. The molecule has 3 aromatic heterocycles. The molecule has 0 saturated carbocycles. The lowest BCUT2D eigenvalue weighted by Gasteiger charge is -2.15. The van der Waals surface area contributed by atoms with Crippen molar-refractivity contribution in [1.29, 1.82) is 0 Å². The fraction of sp³-hybridized carbons (Fsp3) is 0.103. The van der Waals surface area contributed by atoms with Gasteiger partial charge in [-0.15, -0.1) is 0 Å². The second-order valence-electron chi connectivity index (χ2n) is 8.88. The predicted octanol–water partition coefficient (Wildman–Crippen LogP) is 5.53. The summed E-state index contributed by atoms with van der Waals surface area (Å²) in [6.07, 6.45) is 6.23. The van der Waals surface area contributed by atoms with E-state index in [9.17, 15) is 14.0 Å². The van der Waals surface area contributed by atoms with E-state index in [-0.39, 0.29) is 17.0 Å². The number of halogens is 3. The summed E-state index contributed by atoms with van der Waals surface area (Å²) in [6, 6.07) is 11.2. The number of hydrogen-bond donors (Lipinski definition) is 2. The summed E-state index contributed by atoms with van der Waals surface area (Å²) < 4.78 is 51.8. The molecule has 0 aliphatic carbocycles. The van der Waals surface area contributed by atoms with Crippen molar-refractivity contribution in [2.45, 2.75) is 6.92 Å². The van der Waals surface area contributed by atoms with E-state index >= 15 is 8.78 Å². The Bertz CT molecular complexity index is 1800. The van der Waals surface area contributed by atoms with Crippen molar-refractivity contribution in [3.63, 3.8) is 0 Å². The fourth-order valence-electron chi connectivity index (χ4n) is 4.10. The fourth-order valence-corrected chi connectivity index (χ4v) is 4.10. The van der Waals surface area contributed by atoms with Crippen molar-refractivity contribution in [3.8, 4) is 28.4 Å². The highest BCUT2D eigenvalue weighted by Gasteiger charge is 2.21. The van der Waals surface area contributed by atoms with Crippen LogP contribution in [0.4, 0.5) is 24.5 Å². The number of anilines is 2. The molecule has 208 valence electrons. The number of amides is 1. The van der Waals surface area contributed by atoms with Crippen LogP contribution >= 0.6 is 0 Å². The van der Waals surface area contributed by atoms with E-state index in [2.05, 4.69) is 20.7 Å². The lowest BCUT2D eigenvalue weighted by molar-refractivity contribution is 0.102. The van der Waals surface area contributed by atoms with E-state index in [4.69, 9.17) is 4.74 Å². The Hall–Kier alpha value is -5.39. The Morgan fingerprint density at radius 1 is 1.00 bits per heavy atom. The molecule has 0 unspecified atom stereocenters. The monoisotopic (exact) mass is 560 g/mol. The molecule has 0 atom stereocenters. The molecule has 2 N–H and O–H groups in total. The zero-order valence-electron chi connectivity index (χ0n) is 21.9. The molecule has 0 fully saturated rings. The first-order chi connectivity index (χ1) is 19.7. The van der Waals surface area contributed by atoms with Crippen molar-refractivity contribution in [3.05, 3.63) is 113 Å². The standard InChI is InChI=1S/C29H23F3N6O3/c1-3-33-23-9-11-38(19-6-4-18(30)5-7-19)29(40)27(23)28(39)36-25-13-22(32)26(14-21(25)31)41-20-8-10-34-24(12-20)17-15-35-37(2)16-17/h4-16,33H,3H2,1-2H3,(H,36,39). The van der Waals surface area contributed by atoms with Gasteiger partial charge >= 0.3 is 0 Å². The van der Waals surface area contributed by atoms with Crippen LogP contribution in [0.1, 0.15) is 17.3 Å². The van der Waals surface area contributed by atoms with E-state index in [0.717, 1.165) is 16.7 Å². The number of carbonyl (C=O) groups excluding carboxylic acids is 1. The molecule has 3 heterocycles. The lowest BCUT2D eigenvalue weighted by atomic mass is 10.1. The van der Waals surface area contributed by atoms with Gasteiger partial charge in [0.15, 0.2) is 17.4 Å². The summed E-state index contributed by atoms with van der Waals surface area (Å²) in [7, 11) is 1.75. The first-order valence-corrected chi connectivity index (χ1v) is 12.4. The number of aromatic nitrogens is 4.